The SMILES string of the molecule is Cc1ccc(NC(=O)COc2ccc(Br)cc2[C@H]2c3sc(=O)[nH]c3SC3C4CC(C5C(=O)N(c6ccc([N+](=O)[O-])cc6)C(=O)C45)C32)cc1. The summed E-state index contributed by atoms with van der Waals surface area (Å²) < 4.78 is 6.98. The standard InChI is InChI=1S/C34H27BrN4O7S2/c1-15-2-5-17(6-3-15)36-24(40)14-46-23-11-4-16(35)12-20(23)25-26-21-13-22(29(26)47-31-30(25)48-34(43)37-31)28-27(21)32(41)38(33(28)42)18-7-9-19(10-8-18)39(44)45/h2-12,21-22,25-29H,13-14H2,1H3,(H,36,40)(H,37,43)/t21?,22?,25-,26?,27?,28?,29?/m1/s1. The van der Waals surface area contributed by atoms with Gasteiger partial charge in [-0.05, 0) is 73.6 Å². The van der Waals surface area contributed by atoms with Crippen molar-refractivity contribution in [3.05, 3.63) is 107 Å². The number of hydrogen-bond acceptors (Lipinski definition) is 9. The van der Waals surface area contributed by atoms with Gasteiger partial charge in [-0.1, -0.05) is 45.0 Å². The third-order valence-electron chi connectivity index (χ3n) is 10.0. The van der Waals surface area contributed by atoms with E-state index in [-0.39, 0.29) is 63.8 Å². The van der Waals surface area contributed by atoms with Crippen molar-refractivity contribution < 1.29 is 24.0 Å². The number of non-ortho nitro benzene ring substituents is 1. The van der Waals surface area contributed by atoms with Gasteiger partial charge in [0.2, 0.25) is 11.8 Å². The van der Waals surface area contributed by atoms with Crippen LogP contribution in [0.5, 0.6) is 5.75 Å². The number of hydrogen-bond donors (Lipinski definition) is 2. The second kappa shape index (κ2) is 11.7. The highest BCUT2D eigenvalue weighted by atomic mass is 79.9. The van der Waals surface area contributed by atoms with E-state index >= 15 is 0 Å². The number of aryl methyl sites for hydroxylation is 1. The predicted molar refractivity (Wildman–Crippen MR) is 184 cm³/mol. The first kappa shape index (κ1) is 31.0. The van der Waals surface area contributed by atoms with E-state index in [0.29, 0.717) is 23.5 Å². The number of fused-ring (bicyclic) bond motifs is 9. The number of aromatic amines is 1. The number of nitrogens with one attached hydrogen (secondary N) is 2. The van der Waals surface area contributed by atoms with Crippen molar-refractivity contribution in [3.8, 4) is 5.75 Å². The van der Waals surface area contributed by atoms with Crippen LogP contribution < -0.4 is 19.8 Å². The van der Waals surface area contributed by atoms with E-state index in [1.165, 1.54) is 29.2 Å². The summed E-state index contributed by atoms with van der Waals surface area (Å²) in [5.41, 5.74) is 2.74. The summed E-state index contributed by atoms with van der Waals surface area (Å²) in [5, 5.41) is 14.8. The Bertz CT molecular complexity index is 2060. The molecule has 6 unspecified atom stereocenters. The number of benzene rings is 3. The van der Waals surface area contributed by atoms with Gasteiger partial charge in [0.05, 0.1) is 27.5 Å². The average molecular weight is 748 g/mol. The molecule has 7 atom stereocenters. The summed E-state index contributed by atoms with van der Waals surface area (Å²) >= 11 is 6.32. The number of thioether (sulfide) groups is 1. The number of ether oxygens (including phenoxy) is 1. The molecular weight excluding hydrogens is 720 g/mol. The molecule has 1 aromatic heterocycles. The minimum atomic E-state index is -0.545. The van der Waals surface area contributed by atoms with Crippen LogP contribution >= 0.6 is 39.0 Å². The summed E-state index contributed by atoms with van der Waals surface area (Å²) in [6.45, 7) is 1.73. The van der Waals surface area contributed by atoms with Crippen molar-refractivity contribution in [2.45, 2.75) is 29.5 Å². The fraction of sp³-hybridized carbons (Fsp3) is 0.294. The van der Waals surface area contributed by atoms with E-state index in [9.17, 15) is 29.3 Å². The molecule has 3 heterocycles. The number of carbonyl (C=O) groups is 3. The third kappa shape index (κ3) is 4.99. The van der Waals surface area contributed by atoms with Crippen LogP contribution in [-0.4, -0.2) is 39.5 Å². The van der Waals surface area contributed by atoms with E-state index in [1.807, 2.05) is 43.3 Å². The molecule has 2 saturated carbocycles. The molecule has 3 fully saturated rings. The fourth-order valence-electron chi connectivity index (χ4n) is 8.21. The number of amides is 3. The number of H-pyrrole nitrogens is 1. The van der Waals surface area contributed by atoms with E-state index < -0.39 is 16.8 Å². The van der Waals surface area contributed by atoms with Crippen molar-refractivity contribution in [1.29, 1.82) is 0 Å². The molecule has 8 rings (SSSR count). The Morgan fingerprint density at radius 2 is 1.75 bits per heavy atom. The lowest BCUT2D eigenvalue weighted by molar-refractivity contribution is -0.384. The van der Waals surface area contributed by atoms with Gasteiger partial charge >= 0.3 is 4.87 Å². The number of aromatic nitrogens is 1. The van der Waals surface area contributed by atoms with Crippen LogP contribution in [0.2, 0.25) is 0 Å². The lowest BCUT2D eigenvalue weighted by atomic mass is 9.68. The molecule has 2 bridgehead atoms. The number of rotatable bonds is 7. The van der Waals surface area contributed by atoms with Crippen LogP contribution in [-0.2, 0) is 14.4 Å². The van der Waals surface area contributed by atoms with Crippen LogP contribution in [0.25, 0.3) is 0 Å². The monoisotopic (exact) mass is 746 g/mol. The molecule has 2 aliphatic carbocycles. The molecule has 2 aliphatic heterocycles. The smallest absolute Gasteiger partial charge is 0.305 e. The zero-order valence-corrected chi connectivity index (χ0v) is 28.5. The lowest BCUT2D eigenvalue weighted by Crippen LogP contribution is -2.42. The Kier molecular flexibility index (Phi) is 7.57. The number of nitro groups is 1. The molecule has 244 valence electrons. The van der Waals surface area contributed by atoms with Gasteiger partial charge < -0.3 is 15.0 Å². The lowest BCUT2D eigenvalue weighted by Gasteiger charge is -2.43. The largest absolute Gasteiger partial charge is 0.483 e. The van der Waals surface area contributed by atoms with Gasteiger partial charge in [-0.25, -0.2) is 0 Å². The molecule has 3 aromatic carbocycles. The van der Waals surface area contributed by atoms with Gasteiger partial charge in [-0.3, -0.25) is 34.2 Å². The first-order valence-electron chi connectivity index (χ1n) is 15.4. The fourth-order valence-corrected chi connectivity index (χ4v) is 11.5. The maximum atomic E-state index is 14.1. The number of anilines is 2. The van der Waals surface area contributed by atoms with Crippen molar-refractivity contribution in [3.63, 3.8) is 0 Å². The Balaban J connectivity index is 1.13. The van der Waals surface area contributed by atoms with Crippen LogP contribution in [0.15, 0.2) is 81.0 Å². The predicted octanol–water partition coefficient (Wildman–Crippen LogP) is 6.11. The highest BCUT2D eigenvalue weighted by Crippen LogP contribution is 2.69. The molecule has 0 spiro atoms. The summed E-state index contributed by atoms with van der Waals surface area (Å²) in [6.07, 6.45) is 0.696. The first-order valence-corrected chi connectivity index (χ1v) is 17.9. The highest BCUT2D eigenvalue weighted by Gasteiger charge is 2.70. The number of imide groups is 1. The van der Waals surface area contributed by atoms with Crippen molar-refractivity contribution in [2.75, 3.05) is 16.8 Å². The first-order chi connectivity index (χ1) is 23.1. The molecule has 4 aromatic rings. The Morgan fingerprint density at radius 3 is 2.46 bits per heavy atom. The van der Waals surface area contributed by atoms with E-state index in [0.717, 1.165) is 36.8 Å². The molecule has 4 aliphatic rings. The second-order valence-corrected chi connectivity index (χ2v) is 15.7. The van der Waals surface area contributed by atoms with Crippen molar-refractivity contribution >= 4 is 73.8 Å². The minimum absolute atomic E-state index is 0.0516. The van der Waals surface area contributed by atoms with E-state index in [4.69, 9.17) is 4.74 Å². The van der Waals surface area contributed by atoms with Crippen LogP contribution in [0, 0.1) is 46.6 Å². The Morgan fingerprint density at radius 1 is 1.04 bits per heavy atom. The van der Waals surface area contributed by atoms with Crippen LogP contribution in [0.4, 0.5) is 17.1 Å². The topological polar surface area (TPSA) is 152 Å². The van der Waals surface area contributed by atoms with Gasteiger partial charge in [0, 0.05) is 43.9 Å². The average Bonchev–Trinajstić information content (AvgIpc) is 3.80. The zero-order valence-electron chi connectivity index (χ0n) is 25.3. The number of halogens is 1. The second-order valence-electron chi connectivity index (χ2n) is 12.6. The summed E-state index contributed by atoms with van der Waals surface area (Å²) in [5.74, 6) is -2.12. The molecule has 1 saturated heterocycles. The molecular formula is C34H27BrN4O7S2. The summed E-state index contributed by atoms with van der Waals surface area (Å²) in [4.78, 5) is 69.2. The van der Waals surface area contributed by atoms with Gasteiger partial charge in [-0.2, -0.15) is 0 Å². The van der Waals surface area contributed by atoms with Crippen molar-refractivity contribution in [2.24, 2.45) is 29.6 Å². The summed E-state index contributed by atoms with van der Waals surface area (Å²) in [7, 11) is 0. The van der Waals surface area contributed by atoms with Gasteiger partial charge in [-0.15, -0.1) is 11.8 Å². The minimum Gasteiger partial charge on any atom is -0.483 e. The third-order valence-corrected chi connectivity index (χ3v) is 13.1. The molecule has 11 nitrogen and oxygen atoms in total. The number of carbonyl (C=O) groups excluding carboxylic acids is 3. The van der Waals surface area contributed by atoms with Gasteiger partial charge in [0.15, 0.2) is 6.61 Å². The normalized spacial score (nSPS) is 26.6. The summed E-state index contributed by atoms with van der Waals surface area (Å²) in [6, 6.07) is 18.6. The zero-order chi connectivity index (χ0) is 33.4. The molecule has 3 amide bonds. The molecule has 48 heavy (non-hydrogen) atoms. The van der Waals surface area contributed by atoms with Crippen LogP contribution in [0.1, 0.15) is 28.3 Å². The number of nitro benzene ring substituents is 1. The molecule has 14 heteroatoms. The van der Waals surface area contributed by atoms with Crippen molar-refractivity contribution in [1.82, 2.24) is 4.98 Å². The van der Waals surface area contributed by atoms with Gasteiger partial charge in [0.25, 0.3) is 11.6 Å². The molecule has 2 N–H and O–H groups in total. The highest BCUT2D eigenvalue weighted by molar-refractivity contribution is 9.10. The number of nitrogens with zero attached hydrogens (tertiary/aromatic N) is 2. The Labute approximate surface area is 290 Å². The maximum Gasteiger partial charge on any atom is 0.305 e. The number of thiazole rings is 1. The molecule has 0 radical (unpaired) electrons. The Hall–Kier alpha value is -4.27. The quantitative estimate of drug-likeness (QED) is 0.131. The maximum absolute atomic E-state index is 14.1. The van der Waals surface area contributed by atoms with E-state index in [1.54, 1.807) is 17.8 Å². The van der Waals surface area contributed by atoms with Crippen LogP contribution in [0.3, 0.4) is 0 Å². The van der Waals surface area contributed by atoms with Gasteiger partial charge in [0.1, 0.15) is 5.75 Å². The van der Waals surface area contributed by atoms with E-state index in [2.05, 4.69) is 26.2 Å².